The van der Waals surface area contributed by atoms with Crippen LogP contribution in [0.5, 0.6) is 0 Å². The van der Waals surface area contributed by atoms with Crippen LogP contribution in [0.3, 0.4) is 0 Å². The molecule has 0 aliphatic rings. The molecular formula is C17H23N3O2S. The molecule has 0 aliphatic heterocycles. The number of amides is 2. The van der Waals surface area contributed by atoms with Crippen molar-refractivity contribution in [2.45, 2.75) is 37.5 Å². The Bertz CT molecular complexity index is 623. The first-order valence-corrected chi connectivity index (χ1v) is 8.47. The average Bonchev–Trinajstić information content (AvgIpc) is 2.85. The van der Waals surface area contributed by atoms with Crippen LogP contribution in [0.1, 0.15) is 23.9 Å². The third-order valence-electron chi connectivity index (χ3n) is 3.54. The molecule has 2 amide bonds. The lowest BCUT2D eigenvalue weighted by molar-refractivity contribution is 0.207. The maximum Gasteiger partial charge on any atom is 0.317 e. The number of hydrogen-bond acceptors (Lipinski definition) is 4. The molecule has 0 saturated heterocycles. The van der Waals surface area contributed by atoms with Gasteiger partial charge in [-0.25, -0.2) is 4.79 Å². The highest BCUT2D eigenvalue weighted by Crippen LogP contribution is 2.22. The summed E-state index contributed by atoms with van der Waals surface area (Å²) in [6, 6.07) is 10.1. The molecule has 1 heterocycles. The summed E-state index contributed by atoms with van der Waals surface area (Å²) in [6.45, 7) is 6.96. The van der Waals surface area contributed by atoms with Crippen LogP contribution in [-0.2, 0) is 6.54 Å². The molecule has 0 fully saturated rings. The standard InChI is InChI=1S/C17H23N3O2S/c1-12(23-15-8-6-5-7-9-15)10-18-17(21)20(4)11-16-13(2)19-22-14(16)3/h5-9,12H,10-11H2,1-4H3,(H,18,21)/t12-/m1/s1. The number of rotatable bonds is 6. The van der Waals surface area contributed by atoms with Crippen molar-refractivity contribution in [3.63, 3.8) is 0 Å². The fourth-order valence-corrected chi connectivity index (χ4v) is 3.12. The van der Waals surface area contributed by atoms with Gasteiger partial charge in [-0.1, -0.05) is 30.3 Å². The Balaban J connectivity index is 1.80. The minimum Gasteiger partial charge on any atom is -0.361 e. The van der Waals surface area contributed by atoms with Gasteiger partial charge in [0.05, 0.1) is 12.2 Å². The molecule has 0 saturated carbocycles. The summed E-state index contributed by atoms with van der Waals surface area (Å²) in [5, 5.41) is 7.18. The predicted molar refractivity (Wildman–Crippen MR) is 92.6 cm³/mol. The van der Waals surface area contributed by atoms with Crippen LogP contribution in [0, 0.1) is 13.8 Å². The van der Waals surface area contributed by atoms with Gasteiger partial charge in [0.25, 0.3) is 0 Å². The van der Waals surface area contributed by atoms with E-state index in [9.17, 15) is 4.79 Å². The Morgan fingerprint density at radius 2 is 2.04 bits per heavy atom. The average molecular weight is 333 g/mol. The Hall–Kier alpha value is -1.95. The van der Waals surface area contributed by atoms with Crippen LogP contribution in [0.4, 0.5) is 4.79 Å². The molecule has 1 N–H and O–H groups in total. The van der Waals surface area contributed by atoms with E-state index >= 15 is 0 Å². The molecular weight excluding hydrogens is 310 g/mol. The molecule has 1 aromatic heterocycles. The summed E-state index contributed by atoms with van der Waals surface area (Å²) in [5.74, 6) is 0.759. The molecule has 0 radical (unpaired) electrons. The summed E-state index contributed by atoms with van der Waals surface area (Å²) in [6.07, 6.45) is 0. The molecule has 2 aromatic rings. The van der Waals surface area contributed by atoms with E-state index in [-0.39, 0.29) is 6.03 Å². The maximum absolute atomic E-state index is 12.2. The second-order valence-corrected chi connectivity index (χ2v) is 7.10. The first-order chi connectivity index (χ1) is 11.0. The highest BCUT2D eigenvalue weighted by atomic mass is 32.2. The van der Waals surface area contributed by atoms with Gasteiger partial charge in [-0.05, 0) is 26.0 Å². The van der Waals surface area contributed by atoms with Crippen LogP contribution in [-0.4, -0.2) is 34.9 Å². The van der Waals surface area contributed by atoms with Crippen molar-refractivity contribution < 1.29 is 9.32 Å². The molecule has 1 aromatic carbocycles. The summed E-state index contributed by atoms with van der Waals surface area (Å²) in [4.78, 5) is 15.1. The second-order valence-electron chi connectivity index (χ2n) is 5.59. The smallest absolute Gasteiger partial charge is 0.317 e. The van der Waals surface area contributed by atoms with Gasteiger partial charge in [-0.2, -0.15) is 0 Å². The van der Waals surface area contributed by atoms with E-state index in [0.29, 0.717) is 18.3 Å². The van der Waals surface area contributed by atoms with Gasteiger partial charge in [0.2, 0.25) is 0 Å². The van der Waals surface area contributed by atoms with Crippen LogP contribution >= 0.6 is 11.8 Å². The topological polar surface area (TPSA) is 58.4 Å². The van der Waals surface area contributed by atoms with Gasteiger partial charge >= 0.3 is 6.03 Å². The van der Waals surface area contributed by atoms with E-state index in [4.69, 9.17) is 4.52 Å². The molecule has 0 spiro atoms. The first-order valence-electron chi connectivity index (χ1n) is 7.59. The van der Waals surface area contributed by atoms with E-state index in [2.05, 4.69) is 29.5 Å². The fourth-order valence-electron chi connectivity index (χ4n) is 2.18. The number of aromatic nitrogens is 1. The second kappa shape index (κ2) is 8.06. The predicted octanol–water partition coefficient (Wildman–Crippen LogP) is 3.61. The third kappa shape index (κ3) is 5.03. The molecule has 0 bridgehead atoms. The SMILES string of the molecule is Cc1noc(C)c1CN(C)C(=O)NC[C@@H](C)Sc1ccccc1. The molecule has 1 atom stereocenters. The van der Waals surface area contributed by atoms with Crippen LogP contribution in [0.25, 0.3) is 0 Å². The minimum absolute atomic E-state index is 0.0921. The van der Waals surface area contributed by atoms with Crippen molar-refractivity contribution in [2.75, 3.05) is 13.6 Å². The number of urea groups is 1. The third-order valence-corrected chi connectivity index (χ3v) is 4.66. The molecule has 2 rings (SSSR count). The number of hydrogen-bond donors (Lipinski definition) is 1. The van der Waals surface area contributed by atoms with E-state index in [1.807, 2.05) is 32.0 Å². The van der Waals surface area contributed by atoms with E-state index in [0.717, 1.165) is 17.0 Å². The van der Waals surface area contributed by atoms with Crippen molar-refractivity contribution in [2.24, 2.45) is 0 Å². The van der Waals surface area contributed by atoms with E-state index < -0.39 is 0 Å². The number of carbonyl (C=O) groups excluding carboxylic acids is 1. The Morgan fingerprint density at radius 3 is 2.65 bits per heavy atom. The van der Waals surface area contributed by atoms with Crippen LogP contribution in [0.15, 0.2) is 39.8 Å². The lowest BCUT2D eigenvalue weighted by atomic mass is 10.2. The highest BCUT2D eigenvalue weighted by Gasteiger charge is 2.16. The number of nitrogens with zero attached hydrogens (tertiary/aromatic N) is 2. The summed E-state index contributed by atoms with van der Waals surface area (Å²) < 4.78 is 5.13. The van der Waals surface area contributed by atoms with Crippen molar-refractivity contribution in [1.82, 2.24) is 15.4 Å². The zero-order valence-corrected chi connectivity index (χ0v) is 14.8. The monoisotopic (exact) mass is 333 g/mol. The number of carbonyl (C=O) groups is 1. The zero-order chi connectivity index (χ0) is 16.8. The Morgan fingerprint density at radius 1 is 1.35 bits per heavy atom. The molecule has 124 valence electrons. The van der Waals surface area contributed by atoms with Crippen molar-refractivity contribution in [3.8, 4) is 0 Å². The molecule has 23 heavy (non-hydrogen) atoms. The van der Waals surface area contributed by atoms with Gasteiger partial charge in [0, 0.05) is 29.3 Å². The normalized spacial score (nSPS) is 12.0. The largest absolute Gasteiger partial charge is 0.361 e. The molecule has 0 unspecified atom stereocenters. The minimum atomic E-state index is -0.0921. The van der Waals surface area contributed by atoms with E-state index in [1.54, 1.807) is 23.7 Å². The lowest BCUT2D eigenvalue weighted by Crippen LogP contribution is -2.39. The summed E-state index contributed by atoms with van der Waals surface area (Å²) in [7, 11) is 1.77. The molecule has 6 heteroatoms. The van der Waals surface area contributed by atoms with Gasteiger partial charge in [-0.15, -0.1) is 11.8 Å². The van der Waals surface area contributed by atoms with Gasteiger partial charge in [0.1, 0.15) is 5.76 Å². The van der Waals surface area contributed by atoms with Crippen LogP contribution in [0.2, 0.25) is 0 Å². The zero-order valence-electron chi connectivity index (χ0n) is 14.0. The number of nitrogens with one attached hydrogen (secondary N) is 1. The summed E-state index contributed by atoms with van der Waals surface area (Å²) >= 11 is 1.75. The Labute approximate surface area is 141 Å². The van der Waals surface area contributed by atoms with Gasteiger partial charge < -0.3 is 14.7 Å². The van der Waals surface area contributed by atoms with Crippen molar-refractivity contribution in [1.29, 1.82) is 0 Å². The van der Waals surface area contributed by atoms with Gasteiger partial charge in [0.15, 0.2) is 0 Å². The summed E-state index contributed by atoms with van der Waals surface area (Å²) in [5.41, 5.74) is 1.80. The van der Waals surface area contributed by atoms with Crippen molar-refractivity contribution >= 4 is 17.8 Å². The highest BCUT2D eigenvalue weighted by molar-refractivity contribution is 8.00. The fraction of sp³-hybridized carbons (Fsp3) is 0.412. The Kier molecular flexibility index (Phi) is 6.10. The lowest BCUT2D eigenvalue weighted by Gasteiger charge is -2.19. The number of aryl methyl sites for hydroxylation is 2. The maximum atomic E-state index is 12.2. The quantitative estimate of drug-likeness (QED) is 0.820. The van der Waals surface area contributed by atoms with Crippen LogP contribution < -0.4 is 5.32 Å². The molecule has 5 nitrogen and oxygen atoms in total. The van der Waals surface area contributed by atoms with E-state index in [1.165, 1.54) is 4.90 Å². The first kappa shape index (κ1) is 17.4. The number of benzene rings is 1. The number of thioether (sulfide) groups is 1. The van der Waals surface area contributed by atoms with Crippen molar-refractivity contribution in [3.05, 3.63) is 47.3 Å². The van der Waals surface area contributed by atoms with Gasteiger partial charge in [-0.3, -0.25) is 0 Å². The molecule has 0 aliphatic carbocycles.